The molecule has 1 unspecified atom stereocenters. The van der Waals surface area contributed by atoms with Crippen LogP contribution in [-0.2, 0) is 19.5 Å². The summed E-state index contributed by atoms with van der Waals surface area (Å²) in [6.07, 6.45) is 0.335. The average molecular weight is 255 g/mol. The molecule has 1 atom stereocenters. The summed E-state index contributed by atoms with van der Waals surface area (Å²) in [5.74, 6) is -0.0769. The number of aliphatic hydroxyl groups excluding tert-OH is 1. The van der Waals surface area contributed by atoms with Gasteiger partial charge in [0.25, 0.3) is 0 Å². The van der Waals surface area contributed by atoms with Gasteiger partial charge in [-0.15, -0.1) is 0 Å². The van der Waals surface area contributed by atoms with Crippen LogP contribution in [-0.4, -0.2) is 58.9 Å². The Morgan fingerprint density at radius 1 is 1.44 bits per heavy atom. The lowest BCUT2D eigenvalue weighted by atomic mass is 10.2. The molecule has 0 saturated heterocycles. The maximum absolute atomic E-state index is 11.5. The number of nitrogens with one attached hydrogen (secondary N) is 1. The van der Waals surface area contributed by atoms with E-state index in [0.717, 1.165) is 0 Å². The van der Waals surface area contributed by atoms with Gasteiger partial charge in [-0.05, 0) is 13.3 Å². The molecule has 2 N–H and O–H groups in total. The molecule has 0 spiro atoms. The molecule has 7 heteroatoms. The standard InChI is InChI=1S/C9H21NO5S/c1-3-15-6-7-16(12,13)10-9(4-5-11)8-14-2/h9-11H,3-8H2,1-2H3. The minimum absolute atomic E-state index is 0.0769. The van der Waals surface area contributed by atoms with Crippen molar-refractivity contribution < 1.29 is 23.0 Å². The van der Waals surface area contributed by atoms with E-state index < -0.39 is 10.0 Å². The molecule has 0 saturated carbocycles. The minimum Gasteiger partial charge on any atom is -0.396 e. The Morgan fingerprint density at radius 3 is 2.62 bits per heavy atom. The Morgan fingerprint density at radius 2 is 2.12 bits per heavy atom. The first-order valence-corrected chi connectivity index (χ1v) is 6.88. The van der Waals surface area contributed by atoms with Crippen LogP contribution in [0, 0.1) is 0 Å². The molecule has 0 radical (unpaired) electrons. The number of hydrogen-bond acceptors (Lipinski definition) is 5. The Bertz CT molecular complexity index is 249. The normalized spacial score (nSPS) is 13.9. The summed E-state index contributed by atoms with van der Waals surface area (Å²) in [6, 6.07) is -0.387. The topological polar surface area (TPSA) is 84.9 Å². The molecule has 0 rings (SSSR count). The fourth-order valence-corrected chi connectivity index (χ4v) is 2.31. The predicted octanol–water partition coefficient (Wildman–Crippen LogP) is -0.660. The lowest BCUT2D eigenvalue weighted by Gasteiger charge is -2.16. The summed E-state index contributed by atoms with van der Waals surface area (Å²) in [7, 11) is -1.88. The van der Waals surface area contributed by atoms with Crippen LogP contribution in [0.15, 0.2) is 0 Å². The summed E-state index contributed by atoms with van der Waals surface area (Å²) in [6.45, 7) is 2.63. The van der Waals surface area contributed by atoms with Gasteiger partial charge in [0.2, 0.25) is 10.0 Å². The van der Waals surface area contributed by atoms with Crippen molar-refractivity contribution in [3.05, 3.63) is 0 Å². The molecule has 0 aromatic carbocycles. The molecule has 0 bridgehead atoms. The van der Waals surface area contributed by atoms with Gasteiger partial charge in [-0.25, -0.2) is 13.1 Å². The third-order valence-corrected chi connectivity index (χ3v) is 3.29. The van der Waals surface area contributed by atoms with E-state index in [-0.39, 0.29) is 31.6 Å². The van der Waals surface area contributed by atoms with Gasteiger partial charge in [-0.3, -0.25) is 0 Å². The van der Waals surface area contributed by atoms with E-state index in [1.165, 1.54) is 7.11 Å². The minimum atomic E-state index is -3.36. The van der Waals surface area contributed by atoms with E-state index >= 15 is 0 Å². The highest BCUT2D eigenvalue weighted by atomic mass is 32.2. The summed E-state index contributed by atoms with van der Waals surface area (Å²) in [5.41, 5.74) is 0. The maximum Gasteiger partial charge on any atom is 0.214 e. The number of ether oxygens (including phenoxy) is 2. The van der Waals surface area contributed by atoms with Crippen molar-refractivity contribution in [1.82, 2.24) is 4.72 Å². The van der Waals surface area contributed by atoms with Gasteiger partial charge in [0, 0.05) is 26.4 Å². The zero-order chi connectivity index (χ0) is 12.4. The molecule has 98 valence electrons. The third kappa shape index (κ3) is 8.00. The monoisotopic (exact) mass is 255 g/mol. The number of aliphatic hydroxyl groups is 1. The second-order valence-electron chi connectivity index (χ2n) is 3.30. The third-order valence-electron chi connectivity index (χ3n) is 1.89. The van der Waals surface area contributed by atoms with Gasteiger partial charge in [-0.2, -0.15) is 0 Å². The first kappa shape index (κ1) is 15.8. The molecule has 0 heterocycles. The molecular formula is C9H21NO5S. The highest BCUT2D eigenvalue weighted by molar-refractivity contribution is 7.89. The predicted molar refractivity (Wildman–Crippen MR) is 60.8 cm³/mol. The van der Waals surface area contributed by atoms with Crippen LogP contribution in [0.5, 0.6) is 0 Å². The van der Waals surface area contributed by atoms with Gasteiger partial charge < -0.3 is 14.6 Å². The van der Waals surface area contributed by atoms with Gasteiger partial charge in [0.05, 0.1) is 19.0 Å². The van der Waals surface area contributed by atoms with E-state index in [1.807, 2.05) is 0 Å². The van der Waals surface area contributed by atoms with Crippen LogP contribution < -0.4 is 4.72 Å². The number of hydrogen-bond donors (Lipinski definition) is 2. The van der Waals surface area contributed by atoms with E-state index in [1.54, 1.807) is 6.92 Å². The maximum atomic E-state index is 11.5. The van der Waals surface area contributed by atoms with E-state index in [9.17, 15) is 8.42 Å². The molecule has 0 aromatic heterocycles. The molecule has 0 aliphatic heterocycles. The summed E-state index contributed by atoms with van der Waals surface area (Å²) in [5, 5.41) is 8.76. The van der Waals surface area contributed by atoms with Gasteiger partial charge in [0.1, 0.15) is 0 Å². The van der Waals surface area contributed by atoms with Crippen LogP contribution in [0.2, 0.25) is 0 Å². The first-order chi connectivity index (χ1) is 7.55. The molecular weight excluding hydrogens is 234 g/mol. The van der Waals surface area contributed by atoms with E-state index in [4.69, 9.17) is 14.6 Å². The van der Waals surface area contributed by atoms with E-state index in [0.29, 0.717) is 13.0 Å². The van der Waals surface area contributed by atoms with E-state index in [2.05, 4.69) is 4.72 Å². The van der Waals surface area contributed by atoms with Crippen molar-refractivity contribution >= 4 is 10.0 Å². The number of methoxy groups -OCH3 is 1. The molecule has 16 heavy (non-hydrogen) atoms. The first-order valence-electron chi connectivity index (χ1n) is 5.23. The highest BCUT2D eigenvalue weighted by Crippen LogP contribution is 1.96. The van der Waals surface area contributed by atoms with Crippen LogP contribution in [0.3, 0.4) is 0 Å². The average Bonchev–Trinajstić information content (AvgIpc) is 2.18. The lowest BCUT2D eigenvalue weighted by Crippen LogP contribution is -2.40. The summed E-state index contributed by atoms with van der Waals surface area (Å²) < 4.78 is 35.4. The van der Waals surface area contributed by atoms with Crippen molar-refractivity contribution in [2.75, 3.05) is 39.3 Å². The fourth-order valence-electron chi connectivity index (χ4n) is 1.16. The number of rotatable bonds is 10. The van der Waals surface area contributed by atoms with Crippen molar-refractivity contribution in [2.24, 2.45) is 0 Å². The van der Waals surface area contributed by atoms with Crippen molar-refractivity contribution in [3.63, 3.8) is 0 Å². The van der Waals surface area contributed by atoms with Gasteiger partial charge >= 0.3 is 0 Å². The zero-order valence-electron chi connectivity index (χ0n) is 9.81. The molecule has 0 aliphatic carbocycles. The quantitative estimate of drug-likeness (QED) is 0.506. The second-order valence-corrected chi connectivity index (χ2v) is 5.17. The van der Waals surface area contributed by atoms with Crippen LogP contribution in [0.1, 0.15) is 13.3 Å². The van der Waals surface area contributed by atoms with Crippen LogP contribution >= 0.6 is 0 Å². The lowest BCUT2D eigenvalue weighted by molar-refractivity contribution is 0.155. The Kier molecular flexibility index (Phi) is 8.77. The molecule has 0 aromatic rings. The van der Waals surface area contributed by atoms with Crippen LogP contribution in [0.25, 0.3) is 0 Å². The van der Waals surface area contributed by atoms with Crippen molar-refractivity contribution in [1.29, 1.82) is 0 Å². The Balaban J connectivity index is 4.08. The molecule has 0 amide bonds. The zero-order valence-corrected chi connectivity index (χ0v) is 10.6. The molecule has 0 aliphatic rings. The number of sulfonamides is 1. The van der Waals surface area contributed by atoms with Crippen LogP contribution in [0.4, 0.5) is 0 Å². The van der Waals surface area contributed by atoms with Crippen molar-refractivity contribution in [3.8, 4) is 0 Å². The Hall–Kier alpha value is -0.210. The largest absolute Gasteiger partial charge is 0.396 e. The molecule has 6 nitrogen and oxygen atoms in total. The summed E-state index contributed by atoms with van der Waals surface area (Å²) >= 11 is 0. The Labute approximate surface area is 97.0 Å². The van der Waals surface area contributed by atoms with Crippen molar-refractivity contribution in [2.45, 2.75) is 19.4 Å². The summed E-state index contributed by atoms with van der Waals surface area (Å²) in [4.78, 5) is 0. The SMILES string of the molecule is CCOCCS(=O)(=O)NC(CCO)COC. The second kappa shape index (κ2) is 8.89. The smallest absolute Gasteiger partial charge is 0.214 e. The van der Waals surface area contributed by atoms with Gasteiger partial charge in [-0.1, -0.05) is 0 Å². The highest BCUT2D eigenvalue weighted by Gasteiger charge is 2.17. The van der Waals surface area contributed by atoms with Gasteiger partial charge in [0.15, 0.2) is 0 Å². The molecule has 0 fully saturated rings. The fraction of sp³-hybridized carbons (Fsp3) is 1.00.